The topological polar surface area (TPSA) is 103 Å². The Labute approximate surface area is 198 Å². The number of nitrogens with zero attached hydrogens (tertiary/aromatic N) is 2. The molecule has 1 aromatic heterocycles. The van der Waals surface area contributed by atoms with Crippen LogP contribution in [-0.2, 0) is 26.1 Å². The number of aryl methyl sites for hydroxylation is 1. The molecule has 4 rings (SSSR count). The van der Waals surface area contributed by atoms with Crippen LogP contribution in [0.3, 0.4) is 0 Å². The molecule has 0 unspecified atom stereocenters. The van der Waals surface area contributed by atoms with Gasteiger partial charge >= 0.3 is 11.9 Å². The van der Waals surface area contributed by atoms with E-state index in [0.29, 0.717) is 29.9 Å². The minimum atomic E-state index is -3.56. The zero-order chi connectivity index (χ0) is 24.3. The van der Waals surface area contributed by atoms with E-state index in [1.807, 2.05) is 24.3 Å². The minimum Gasteiger partial charge on any atom is -0.462 e. The Hall–Kier alpha value is -3.30. The quantitative estimate of drug-likeness (QED) is 0.471. The highest BCUT2D eigenvalue weighted by Crippen LogP contribution is 2.25. The van der Waals surface area contributed by atoms with Gasteiger partial charge in [-0.05, 0) is 62.6 Å². The lowest BCUT2D eigenvalue weighted by molar-refractivity contribution is 0.0444. The van der Waals surface area contributed by atoms with Gasteiger partial charge in [0.2, 0.25) is 10.0 Å². The third-order valence-electron chi connectivity index (χ3n) is 5.84. The average Bonchev–Trinajstić information content (AvgIpc) is 3.39. The van der Waals surface area contributed by atoms with Crippen LogP contribution in [0.1, 0.15) is 51.7 Å². The number of benzene rings is 2. The molecule has 9 heteroatoms. The molecule has 178 valence electrons. The Morgan fingerprint density at radius 3 is 2.32 bits per heavy atom. The highest BCUT2D eigenvalue weighted by Gasteiger charge is 2.27. The summed E-state index contributed by atoms with van der Waals surface area (Å²) < 4.78 is 37.4. The first kappa shape index (κ1) is 23.8. The number of para-hydroxylation sites is 1. The molecule has 0 bridgehead atoms. The Kier molecular flexibility index (Phi) is 6.95. The van der Waals surface area contributed by atoms with Crippen molar-refractivity contribution in [3.05, 3.63) is 70.9 Å². The van der Waals surface area contributed by atoms with Gasteiger partial charge in [0.25, 0.3) is 0 Å². The fraction of sp³-hybridized carbons (Fsp3) is 0.320. The Morgan fingerprint density at radius 2 is 1.65 bits per heavy atom. The van der Waals surface area contributed by atoms with E-state index in [2.05, 4.69) is 4.98 Å². The first-order valence-corrected chi connectivity index (χ1v) is 12.6. The van der Waals surface area contributed by atoms with E-state index in [0.717, 1.165) is 18.2 Å². The fourth-order valence-corrected chi connectivity index (χ4v) is 5.59. The summed E-state index contributed by atoms with van der Waals surface area (Å²) in [5.74, 6) is -1.17. The van der Waals surface area contributed by atoms with E-state index in [1.165, 1.54) is 28.6 Å². The maximum Gasteiger partial charge on any atom is 0.340 e. The summed E-state index contributed by atoms with van der Waals surface area (Å²) in [6.07, 6.45) is 1.69. The maximum atomic E-state index is 12.7. The SMILES string of the molecule is CCOC(=O)c1c(COC(=O)c2ccc(S(=O)(=O)N3CCCC3)cc2)nc2ccccc2c1C. The molecule has 3 aromatic rings. The zero-order valence-electron chi connectivity index (χ0n) is 19.1. The van der Waals surface area contributed by atoms with E-state index >= 15 is 0 Å². The number of esters is 2. The normalized spacial score (nSPS) is 14.3. The number of pyridine rings is 1. The molecule has 1 fully saturated rings. The largest absolute Gasteiger partial charge is 0.462 e. The molecule has 0 aliphatic carbocycles. The van der Waals surface area contributed by atoms with E-state index < -0.39 is 22.0 Å². The van der Waals surface area contributed by atoms with Gasteiger partial charge in [-0.3, -0.25) is 0 Å². The first-order chi connectivity index (χ1) is 16.3. The van der Waals surface area contributed by atoms with Crippen molar-refractivity contribution in [3.8, 4) is 0 Å². The summed E-state index contributed by atoms with van der Waals surface area (Å²) in [7, 11) is -3.56. The number of fused-ring (bicyclic) bond motifs is 1. The summed E-state index contributed by atoms with van der Waals surface area (Å²) >= 11 is 0. The Balaban J connectivity index is 1.55. The van der Waals surface area contributed by atoms with Gasteiger partial charge in [0.05, 0.1) is 33.8 Å². The summed E-state index contributed by atoms with van der Waals surface area (Å²) in [6.45, 7) is 4.51. The third kappa shape index (κ3) is 4.67. The molecule has 1 aliphatic rings. The van der Waals surface area contributed by atoms with Crippen LogP contribution >= 0.6 is 0 Å². The Bertz CT molecular complexity index is 1330. The summed E-state index contributed by atoms with van der Waals surface area (Å²) in [5, 5.41) is 0.815. The van der Waals surface area contributed by atoms with E-state index in [1.54, 1.807) is 13.8 Å². The zero-order valence-corrected chi connectivity index (χ0v) is 19.9. The van der Waals surface area contributed by atoms with Gasteiger partial charge in [-0.25, -0.2) is 23.0 Å². The second-order valence-corrected chi connectivity index (χ2v) is 9.95. The standard InChI is InChI=1S/C25H26N2O6S/c1-3-32-25(29)23-17(2)20-8-4-5-9-21(20)26-22(23)16-33-24(28)18-10-12-19(13-11-18)34(30,31)27-14-6-7-15-27/h4-5,8-13H,3,6-7,14-16H2,1-2H3. The van der Waals surface area contributed by atoms with Crippen LogP contribution < -0.4 is 0 Å². The maximum absolute atomic E-state index is 12.7. The van der Waals surface area contributed by atoms with E-state index in [9.17, 15) is 18.0 Å². The number of ether oxygens (including phenoxy) is 2. The highest BCUT2D eigenvalue weighted by atomic mass is 32.2. The van der Waals surface area contributed by atoms with Crippen molar-refractivity contribution in [2.45, 2.75) is 38.2 Å². The molecule has 2 aromatic carbocycles. The summed E-state index contributed by atoms with van der Waals surface area (Å²) in [6, 6.07) is 13.1. The summed E-state index contributed by atoms with van der Waals surface area (Å²) in [4.78, 5) is 30.0. The van der Waals surface area contributed by atoms with Crippen molar-refractivity contribution < 1.29 is 27.5 Å². The van der Waals surface area contributed by atoms with Crippen molar-refractivity contribution in [2.75, 3.05) is 19.7 Å². The molecule has 0 atom stereocenters. The molecule has 0 spiro atoms. The lowest BCUT2D eigenvalue weighted by Crippen LogP contribution is -2.27. The lowest BCUT2D eigenvalue weighted by Gasteiger charge is -2.16. The number of aromatic nitrogens is 1. The molecule has 0 saturated carbocycles. The lowest BCUT2D eigenvalue weighted by atomic mass is 10.0. The molecule has 1 aliphatic heterocycles. The monoisotopic (exact) mass is 482 g/mol. The molecule has 1 saturated heterocycles. The van der Waals surface area contributed by atoms with Gasteiger partial charge in [-0.15, -0.1) is 0 Å². The smallest absolute Gasteiger partial charge is 0.340 e. The van der Waals surface area contributed by atoms with Crippen LogP contribution in [0.4, 0.5) is 0 Å². The summed E-state index contributed by atoms with van der Waals surface area (Å²) in [5.41, 5.74) is 2.16. The van der Waals surface area contributed by atoms with Crippen molar-refractivity contribution in [1.29, 1.82) is 0 Å². The molecular weight excluding hydrogens is 456 g/mol. The van der Waals surface area contributed by atoms with Crippen LogP contribution in [-0.4, -0.2) is 49.3 Å². The average molecular weight is 483 g/mol. The predicted octanol–water partition coefficient (Wildman–Crippen LogP) is 3.86. The van der Waals surface area contributed by atoms with E-state index in [-0.39, 0.29) is 29.2 Å². The second-order valence-electron chi connectivity index (χ2n) is 8.01. The number of hydrogen-bond acceptors (Lipinski definition) is 7. The first-order valence-electron chi connectivity index (χ1n) is 11.2. The highest BCUT2D eigenvalue weighted by molar-refractivity contribution is 7.89. The number of hydrogen-bond donors (Lipinski definition) is 0. The van der Waals surface area contributed by atoms with Crippen LogP contribution in [0.25, 0.3) is 10.9 Å². The molecule has 8 nitrogen and oxygen atoms in total. The molecule has 0 radical (unpaired) electrons. The van der Waals surface area contributed by atoms with Gasteiger partial charge in [-0.1, -0.05) is 18.2 Å². The van der Waals surface area contributed by atoms with Crippen molar-refractivity contribution in [1.82, 2.24) is 9.29 Å². The second kappa shape index (κ2) is 9.90. The minimum absolute atomic E-state index is 0.141. The number of rotatable bonds is 7. The van der Waals surface area contributed by atoms with Crippen molar-refractivity contribution >= 4 is 32.9 Å². The van der Waals surface area contributed by atoms with Gasteiger partial charge in [-0.2, -0.15) is 4.31 Å². The number of sulfonamides is 1. The number of carbonyl (C=O) groups excluding carboxylic acids is 2. The van der Waals surface area contributed by atoms with Gasteiger partial charge in [0.15, 0.2) is 0 Å². The van der Waals surface area contributed by atoms with Gasteiger partial charge < -0.3 is 9.47 Å². The third-order valence-corrected chi connectivity index (χ3v) is 7.75. The Morgan fingerprint density at radius 1 is 0.971 bits per heavy atom. The molecule has 0 N–H and O–H groups in total. The fourth-order valence-electron chi connectivity index (χ4n) is 4.08. The van der Waals surface area contributed by atoms with E-state index in [4.69, 9.17) is 9.47 Å². The van der Waals surface area contributed by atoms with Crippen LogP contribution in [0, 0.1) is 6.92 Å². The van der Waals surface area contributed by atoms with Crippen molar-refractivity contribution in [2.24, 2.45) is 0 Å². The molecular formula is C25H26N2O6S. The van der Waals surface area contributed by atoms with Crippen LogP contribution in [0.5, 0.6) is 0 Å². The molecule has 0 amide bonds. The predicted molar refractivity (Wildman–Crippen MR) is 126 cm³/mol. The number of carbonyl (C=O) groups is 2. The van der Waals surface area contributed by atoms with Gasteiger partial charge in [0, 0.05) is 18.5 Å². The van der Waals surface area contributed by atoms with Crippen LogP contribution in [0.15, 0.2) is 53.4 Å². The molecule has 34 heavy (non-hydrogen) atoms. The van der Waals surface area contributed by atoms with Gasteiger partial charge in [0.1, 0.15) is 6.61 Å². The van der Waals surface area contributed by atoms with Crippen LogP contribution in [0.2, 0.25) is 0 Å². The van der Waals surface area contributed by atoms with Crippen molar-refractivity contribution in [3.63, 3.8) is 0 Å². The molecule has 2 heterocycles.